The Morgan fingerprint density at radius 3 is 2.29 bits per heavy atom. The minimum atomic E-state index is -3.90. The van der Waals surface area contributed by atoms with Crippen LogP contribution in [0.2, 0.25) is 0 Å². The molecule has 156 valence electrons. The van der Waals surface area contributed by atoms with Gasteiger partial charge in [-0.2, -0.15) is 0 Å². The number of carbonyl (C=O) groups excluding carboxylic acids is 1. The summed E-state index contributed by atoms with van der Waals surface area (Å²) in [6.45, 7) is 0.0948. The zero-order valence-electron chi connectivity index (χ0n) is 16.2. The van der Waals surface area contributed by atoms with Crippen LogP contribution in [-0.4, -0.2) is 19.3 Å². The molecule has 8 heteroatoms. The van der Waals surface area contributed by atoms with Crippen LogP contribution < -0.4 is 4.90 Å². The predicted molar refractivity (Wildman–Crippen MR) is 112 cm³/mol. The molecule has 4 aromatic rings. The van der Waals surface area contributed by atoms with Gasteiger partial charge in [-0.05, 0) is 54.1 Å². The van der Waals surface area contributed by atoms with Crippen molar-refractivity contribution in [1.29, 1.82) is 0 Å². The van der Waals surface area contributed by atoms with Gasteiger partial charge < -0.3 is 4.42 Å². The zero-order chi connectivity index (χ0) is 21.8. The maximum Gasteiger partial charge on any atom is 0.295 e. The summed E-state index contributed by atoms with van der Waals surface area (Å²) in [5.41, 5.74) is 0.670. The number of benzene rings is 2. The average Bonchev–Trinajstić information content (AvgIpc) is 3.31. The molecule has 0 aliphatic rings. The van der Waals surface area contributed by atoms with Gasteiger partial charge in [0, 0.05) is 6.20 Å². The Bertz CT molecular complexity index is 1290. The van der Waals surface area contributed by atoms with Gasteiger partial charge in [-0.25, -0.2) is 17.8 Å². The molecule has 0 saturated heterocycles. The quantitative estimate of drug-likeness (QED) is 0.445. The van der Waals surface area contributed by atoms with Crippen molar-refractivity contribution in [3.63, 3.8) is 0 Å². The molecule has 31 heavy (non-hydrogen) atoms. The monoisotopic (exact) mass is 436 g/mol. The number of hydrogen-bond donors (Lipinski definition) is 0. The third-order valence-corrected chi connectivity index (χ3v) is 6.18. The molecule has 1 amide bonds. The number of nitrogens with zero attached hydrogens (tertiary/aromatic N) is 2. The molecule has 0 atom stereocenters. The molecule has 0 N–H and O–H groups in total. The van der Waals surface area contributed by atoms with Gasteiger partial charge in [-0.1, -0.05) is 36.4 Å². The fraction of sp³-hybridized carbons (Fsp3) is 0.0435. The molecule has 0 radical (unpaired) electrons. The highest BCUT2D eigenvalue weighted by Crippen LogP contribution is 2.25. The van der Waals surface area contributed by atoms with Crippen molar-refractivity contribution in [1.82, 2.24) is 4.98 Å². The van der Waals surface area contributed by atoms with Crippen LogP contribution in [-0.2, 0) is 16.4 Å². The van der Waals surface area contributed by atoms with Gasteiger partial charge in [0.1, 0.15) is 11.6 Å². The lowest BCUT2D eigenvalue weighted by atomic mass is 10.2. The van der Waals surface area contributed by atoms with Gasteiger partial charge in [0.25, 0.3) is 5.91 Å². The Kier molecular flexibility index (Phi) is 5.64. The van der Waals surface area contributed by atoms with E-state index < -0.39 is 15.7 Å². The normalized spacial score (nSPS) is 11.3. The Hall–Kier alpha value is -3.78. The fourth-order valence-electron chi connectivity index (χ4n) is 2.97. The molecule has 0 saturated carbocycles. The summed E-state index contributed by atoms with van der Waals surface area (Å²) in [4.78, 5) is 18.8. The van der Waals surface area contributed by atoms with Crippen LogP contribution in [0.15, 0.2) is 106 Å². The predicted octanol–water partition coefficient (Wildman–Crippen LogP) is 4.49. The van der Waals surface area contributed by atoms with E-state index >= 15 is 0 Å². The Morgan fingerprint density at radius 2 is 1.61 bits per heavy atom. The second kappa shape index (κ2) is 8.53. The van der Waals surface area contributed by atoms with Crippen molar-refractivity contribution in [2.45, 2.75) is 16.5 Å². The van der Waals surface area contributed by atoms with E-state index in [0.29, 0.717) is 11.4 Å². The summed E-state index contributed by atoms with van der Waals surface area (Å²) in [7, 11) is -3.90. The van der Waals surface area contributed by atoms with Gasteiger partial charge >= 0.3 is 0 Å². The average molecular weight is 436 g/mol. The first-order valence-corrected chi connectivity index (χ1v) is 10.8. The molecule has 4 rings (SSSR count). The molecular formula is C23H17FN2O4S. The zero-order valence-corrected chi connectivity index (χ0v) is 17.0. The first-order chi connectivity index (χ1) is 14.9. The van der Waals surface area contributed by atoms with Crippen LogP contribution in [0, 0.1) is 5.82 Å². The minimum Gasteiger partial charge on any atom is -0.439 e. The molecule has 0 fully saturated rings. The van der Waals surface area contributed by atoms with E-state index in [-0.39, 0.29) is 28.1 Å². The molecule has 2 heterocycles. The van der Waals surface area contributed by atoms with Crippen LogP contribution in [0.1, 0.15) is 16.1 Å². The van der Waals surface area contributed by atoms with Crippen LogP contribution in [0.4, 0.5) is 10.2 Å². The molecule has 2 aromatic heterocycles. The largest absolute Gasteiger partial charge is 0.439 e. The Morgan fingerprint density at radius 1 is 0.903 bits per heavy atom. The highest BCUT2D eigenvalue weighted by molar-refractivity contribution is 7.91. The van der Waals surface area contributed by atoms with Crippen molar-refractivity contribution in [2.75, 3.05) is 4.90 Å². The standard InChI is InChI=1S/C23H17FN2O4S/c24-18-11-9-17(10-12-18)16-26(21-8-4-5-15-25-21)23(27)20-13-14-22(30-20)31(28,29)19-6-2-1-3-7-19/h1-15H,16H2. The summed E-state index contributed by atoms with van der Waals surface area (Å²) < 4.78 is 44.2. The smallest absolute Gasteiger partial charge is 0.295 e. The molecule has 6 nitrogen and oxygen atoms in total. The van der Waals surface area contributed by atoms with Crippen LogP contribution in [0.5, 0.6) is 0 Å². The number of sulfone groups is 1. The summed E-state index contributed by atoms with van der Waals surface area (Å²) in [5, 5.41) is -0.329. The van der Waals surface area contributed by atoms with E-state index in [1.54, 1.807) is 48.5 Å². The van der Waals surface area contributed by atoms with Crippen LogP contribution >= 0.6 is 0 Å². The van der Waals surface area contributed by atoms with Crippen molar-refractivity contribution in [3.8, 4) is 0 Å². The van der Waals surface area contributed by atoms with E-state index in [1.807, 2.05) is 0 Å². The lowest BCUT2D eigenvalue weighted by molar-refractivity contribution is 0.0952. The molecule has 0 unspecified atom stereocenters. The molecule has 0 bridgehead atoms. The van der Waals surface area contributed by atoms with Crippen molar-refractivity contribution >= 4 is 21.6 Å². The van der Waals surface area contributed by atoms with Gasteiger partial charge in [0.15, 0.2) is 5.76 Å². The first-order valence-electron chi connectivity index (χ1n) is 9.32. The fourth-order valence-corrected chi connectivity index (χ4v) is 4.17. The minimum absolute atomic E-state index is 0.0660. The second-order valence-electron chi connectivity index (χ2n) is 6.64. The number of amides is 1. The van der Waals surface area contributed by atoms with Gasteiger partial charge in [0.05, 0.1) is 11.4 Å². The third-order valence-electron chi connectivity index (χ3n) is 4.54. The SMILES string of the molecule is O=C(c1ccc(S(=O)(=O)c2ccccc2)o1)N(Cc1ccc(F)cc1)c1ccccn1. The van der Waals surface area contributed by atoms with E-state index in [1.165, 1.54) is 47.5 Å². The number of anilines is 1. The number of aromatic nitrogens is 1. The van der Waals surface area contributed by atoms with E-state index in [9.17, 15) is 17.6 Å². The molecule has 0 aliphatic heterocycles. The molecular weight excluding hydrogens is 419 g/mol. The molecule has 2 aromatic carbocycles. The first kappa shape index (κ1) is 20.5. The van der Waals surface area contributed by atoms with E-state index in [4.69, 9.17) is 4.42 Å². The highest BCUT2D eigenvalue weighted by atomic mass is 32.2. The third kappa shape index (κ3) is 4.39. The lowest BCUT2D eigenvalue weighted by Gasteiger charge is -2.20. The van der Waals surface area contributed by atoms with E-state index in [2.05, 4.69) is 4.98 Å². The number of pyridine rings is 1. The maximum atomic E-state index is 13.3. The number of carbonyl (C=O) groups is 1. The van der Waals surface area contributed by atoms with Gasteiger partial charge in [-0.3, -0.25) is 9.69 Å². The highest BCUT2D eigenvalue weighted by Gasteiger charge is 2.27. The summed E-state index contributed by atoms with van der Waals surface area (Å²) in [5.74, 6) is -0.762. The topological polar surface area (TPSA) is 80.5 Å². The van der Waals surface area contributed by atoms with Gasteiger partial charge in [-0.15, -0.1) is 0 Å². The number of rotatable bonds is 6. The summed E-state index contributed by atoms with van der Waals surface area (Å²) in [6, 6.07) is 21.2. The van der Waals surface area contributed by atoms with Crippen molar-refractivity contribution in [2.24, 2.45) is 0 Å². The Balaban J connectivity index is 1.67. The lowest BCUT2D eigenvalue weighted by Crippen LogP contribution is -2.30. The summed E-state index contributed by atoms with van der Waals surface area (Å²) in [6.07, 6.45) is 1.54. The number of halogens is 1. The van der Waals surface area contributed by atoms with Gasteiger partial charge in [0.2, 0.25) is 14.9 Å². The summed E-state index contributed by atoms with van der Waals surface area (Å²) >= 11 is 0. The van der Waals surface area contributed by atoms with E-state index in [0.717, 1.165) is 0 Å². The second-order valence-corrected chi connectivity index (χ2v) is 8.52. The van der Waals surface area contributed by atoms with Crippen molar-refractivity contribution < 1.29 is 22.0 Å². The van der Waals surface area contributed by atoms with Crippen molar-refractivity contribution in [3.05, 3.63) is 108 Å². The molecule has 0 spiro atoms. The van der Waals surface area contributed by atoms with Crippen LogP contribution in [0.25, 0.3) is 0 Å². The van der Waals surface area contributed by atoms with Crippen LogP contribution in [0.3, 0.4) is 0 Å². The Labute approximate surface area is 178 Å². The maximum absolute atomic E-state index is 13.3. The number of furan rings is 1. The molecule has 0 aliphatic carbocycles. The number of hydrogen-bond acceptors (Lipinski definition) is 5.